The molecule has 4 rings (SSSR count). The molecule has 0 aromatic carbocycles. The van der Waals surface area contributed by atoms with Crippen LogP contribution in [0.4, 0.5) is 0 Å². The third-order valence-corrected chi connectivity index (χ3v) is 7.65. The summed E-state index contributed by atoms with van der Waals surface area (Å²) in [4.78, 5) is 24.3. The summed E-state index contributed by atoms with van der Waals surface area (Å²) in [5.74, 6) is 1.98. The van der Waals surface area contributed by atoms with E-state index in [-0.39, 0.29) is 29.1 Å². The number of aliphatic hydroxyl groups is 1. The highest BCUT2D eigenvalue weighted by Gasteiger charge is 2.59. The second-order valence-electron chi connectivity index (χ2n) is 8.53. The molecule has 0 bridgehead atoms. The lowest BCUT2D eigenvalue weighted by Gasteiger charge is -2.57. The fourth-order valence-electron chi connectivity index (χ4n) is 6.36. The fraction of sp³-hybridized carbons (Fsp3) is 0.700. The maximum atomic E-state index is 12.4. The third-order valence-electron chi connectivity index (χ3n) is 7.65. The first-order valence-electron chi connectivity index (χ1n) is 8.99. The summed E-state index contributed by atoms with van der Waals surface area (Å²) in [6, 6.07) is 0. The summed E-state index contributed by atoms with van der Waals surface area (Å²) in [5, 5.41) is 9.93. The minimum atomic E-state index is -0.146. The summed E-state index contributed by atoms with van der Waals surface area (Å²) in [5.41, 5.74) is 0.853. The molecule has 0 spiro atoms. The number of hydrogen-bond acceptors (Lipinski definition) is 3. The molecule has 0 heterocycles. The molecule has 0 aromatic rings. The van der Waals surface area contributed by atoms with Crippen molar-refractivity contribution in [3.63, 3.8) is 0 Å². The molecule has 3 nitrogen and oxygen atoms in total. The van der Waals surface area contributed by atoms with Crippen molar-refractivity contribution in [2.24, 2.45) is 34.5 Å². The largest absolute Gasteiger partial charge is 0.396 e. The van der Waals surface area contributed by atoms with E-state index < -0.39 is 0 Å². The van der Waals surface area contributed by atoms with Crippen molar-refractivity contribution in [2.45, 2.75) is 46.0 Å². The van der Waals surface area contributed by atoms with E-state index in [0.717, 1.165) is 37.7 Å². The highest BCUT2D eigenvalue weighted by molar-refractivity contribution is 6.01. The van der Waals surface area contributed by atoms with E-state index in [2.05, 4.69) is 19.9 Å². The molecule has 1 N–H and O–H groups in total. The zero-order valence-electron chi connectivity index (χ0n) is 14.0. The Hall–Kier alpha value is -1.22. The summed E-state index contributed by atoms with van der Waals surface area (Å²) in [6.07, 6.45) is 10.2. The van der Waals surface area contributed by atoms with Gasteiger partial charge in [0.2, 0.25) is 0 Å². The van der Waals surface area contributed by atoms with E-state index in [0.29, 0.717) is 23.5 Å². The topological polar surface area (TPSA) is 54.4 Å². The van der Waals surface area contributed by atoms with Crippen LogP contribution in [-0.2, 0) is 9.59 Å². The SMILES string of the molecule is C[C@]12C=CC(=O)C=C1[C@H](CO)CC1C2CC[C@]2(C)C(=O)CCC12. The first-order valence-corrected chi connectivity index (χ1v) is 8.99. The van der Waals surface area contributed by atoms with Crippen molar-refractivity contribution in [3.8, 4) is 0 Å². The Labute approximate surface area is 137 Å². The van der Waals surface area contributed by atoms with Crippen molar-refractivity contribution in [3.05, 3.63) is 23.8 Å². The molecule has 3 unspecified atom stereocenters. The zero-order chi connectivity index (χ0) is 16.4. The molecule has 4 aliphatic carbocycles. The van der Waals surface area contributed by atoms with Crippen LogP contribution in [0.2, 0.25) is 0 Å². The lowest BCUT2D eigenvalue weighted by molar-refractivity contribution is -0.132. The fourth-order valence-corrected chi connectivity index (χ4v) is 6.36. The van der Waals surface area contributed by atoms with Crippen LogP contribution in [0, 0.1) is 34.5 Å². The van der Waals surface area contributed by atoms with Crippen molar-refractivity contribution in [1.29, 1.82) is 0 Å². The number of hydrogen-bond donors (Lipinski definition) is 1. The molecule has 0 aliphatic heterocycles. The van der Waals surface area contributed by atoms with E-state index in [9.17, 15) is 14.7 Å². The highest BCUT2D eigenvalue weighted by Crippen LogP contribution is 2.64. The second kappa shape index (κ2) is 4.89. The van der Waals surface area contributed by atoms with Crippen LogP contribution in [0.25, 0.3) is 0 Å². The van der Waals surface area contributed by atoms with Crippen LogP contribution in [0.5, 0.6) is 0 Å². The van der Waals surface area contributed by atoms with Crippen LogP contribution in [0.1, 0.15) is 46.0 Å². The zero-order valence-corrected chi connectivity index (χ0v) is 14.0. The Morgan fingerprint density at radius 3 is 2.74 bits per heavy atom. The Kier molecular flexibility index (Phi) is 3.26. The Morgan fingerprint density at radius 2 is 2.00 bits per heavy atom. The number of carbonyl (C=O) groups is 2. The van der Waals surface area contributed by atoms with Crippen LogP contribution in [0.15, 0.2) is 23.8 Å². The lowest BCUT2D eigenvalue weighted by atomic mass is 9.46. The van der Waals surface area contributed by atoms with Gasteiger partial charge in [0.25, 0.3) is 0 Å². The molecule has 4 aliphatic rings. The number of fused-ring (bicyclic) bond motifs is 5. The van der Waals surface area contributed by atoms with Gasteiger partial charge in [0.1, 0.15) is 5.78 Å². The Bertz CT molecular complexity index is 631. The lowest BCUT2D eigenvalue weighted by Crippen LogP contribution is -2.52. The van der Waals surface area contributed by atoms with Gasteiger partial charge < -0.3 is 5.11 Å². The van der Waals surface area contributed by atoms with Gasteiger partial charge in [-0.25, -0.2) is 0 Å². The van der Waals surface area contributed by atoms with Gasteiger partial charge in [-0.2, -0.15) is 0 Å². The number of carbonyl (C=O) groups excluding carboxylic acids is 2. The van der Waals surface area contributed by atoms with Gasteiger partial charge in [-0.1, -0.05) is 25.5 Å². The summed E-state index contributed by atoms with van der Waals surface area (Å²) in [7, 11) is 0. The molecule has 0 aromatic heterocycles. The van der Waals surface area contributed by atoms with Gasteiger partial charge in [-0.05, 0) is 55.6 Å². The second-order valence-corrected chi connectivity index (χ2v) is 8.53. The molecule has 23 heavy (non-hydrogen) atoms. The summed E-state index contributed by atoms with van der Waals surface area (Å²) < 4.78 is 0. The van der Waals surface area contributed by atoms with Crippen LogP contribution in [0.3, 0.4) is 0 Å². The van der Waals surface area contributed by atoms with Gasteiger partial charge in [0, 0.05) is 29.8 Å². The van der Waals surface area contributed by atoms with E-state index in [1.165, 1.54) is 0 Å². The van der Waals surface area contributed by atoms with E-state index >= 15 is 0 Å². The van der Waals surface area contributed by atoms with Crippen LogP contribution < -0.4 is 0 Å². The van der Waals surface area contributed by atoms with Crippen LogP contribution in [-0.4, -0.2) is 23.3 Å². The predicted octanol–water partition coefficient (Wildman–Crippen LogP) is 3.08. The third kappa shape index (κ3) is 1.92. The molecule has 3 fully saturated rings. The Balaban J connectivity index is 1.77. The molecule has 124 valence electrons. The molecule has 0 amide bonds. The smallest absolute Gasteiger partial charge is 0.178 e. The maximum absolute atomic E-state index is 12.4. The van der Waals surface area contributed by atoms with E-state index in [1.807, 2.05) is 0 Å². The highest BCUT2D eigenvalue weighted by atomic mass is 16.3. The molecular formula is C20H26O3. The number of ketones is 2. The van der Waals surface area contributed by atoms with Crippen molar-refractivity contribution in [2.75, 3.05) is 6.61 Å². The minimum Gasteiger partial charge on any atom is -0.396 e. The molecular weight excluding hydrogens is 288 g/mol. The van der Waals surface area contributed by atoms with E-state index in [4.69, 9.17) is 0 Å². The first kappa shape index (κ1) is 15.3. The van der Waals surface area contributed by atoms with Gasteiger partial charge >= 0.3 is 0 Å². The average molecular weight is 314 g/mol. The van der Waals surface area contributed by atoms with Crippen molar-refractivity contribution in [1.82, 2.24) is 0 Å². The maximum Gasteiger partial charge on any atom is 0.178 e. The van der Waals surface area contributed by atoms with Crippen molar-refractivity contribution < 1.29 is 14.7 Å². The first-order chi connectivity index (χ1) is 10.9. The van der Waals surface area contributed by atoms with Gasteiger partial charge in [-0.3, -0.25) is 9.59 Å². The summed E-state index contributed by atoms with van der Waals surface area (Å²) >= 11 is 0. The van der Waals surface area contributed by atoms with Gasteiger partial charge in [0.05, 0.1) is 0 Å². The Morgan fingerprint density at radius 1 is 1.22 bits per heavy atom. The number of rotatable bonds is 1. The molecule has 0 radical (unpaired) electrons. The predicted molar refractivity (Wildman–Crippen MR) is 87.6 cm³/mol. The van der Waals surface area contributed by atoms with Gasteiger partial charge in [-0.15, -0.1) is 0 Å². The minimum absolute atomic E-state index is 0.0473. The van der Waals surface area contributed by atoms with E-state index in [1.54, 1.807) is 12.2 Å². The molecule has 3 saturated carbocycles. The van der Waals surface area contributed by atoms with Crippen molar-refractivity contribution >= 4 is 11.6 Å². The molecule has 6 atom stereocenters. The van der Waals surface area contributed by atoms with Gasteiger partial charge in [0.15, 0.2) is 5.78 Å². The number of allylic oxidation sites excluding steroid dienone is 3. The molecule has 0 saturated heterocycles. The molecule has 3 heteroatoms. The monoisotopic (exact) mass is 314 g/mol. The standard InChI is InChI=1S/C20H26O3/c1-19-7-5-13(22)10-17(19)12(11-21)9-14-15-3-4-18(23)20(15,2)8-6-16(14)19/h5,7,10,12,14-16,21H,3-4,6,8-9,11H2,1-2H3/t12-,14?,15?,16?,19+,20-/m0/s1. The summed E-state index contributed by atoms with van der Waals surface area (Å²) in [6.45, 7) is 4.51. The van der Waals surface area contributed by atoms with Crippen LogP contribution >= 0.6 is 0 Å². The number of Topliss-reactive ketones (excluding diaryl/α,β-unsaturated/α-hetero) is 1. The quantitative estimate of drug-likeness (QED) is 0.809. The normalized spacial score (nSPS) is 48.6. The average Bonchev–Trinajstić information content (AvgIpc) is 2.83. The number of aliphatic hydroxyl groups excluding tert-OH is 1.